The lowest BCUT2D eigenvalue weighted by molar-refractivity contribution is 1.17. The molecule has 2 aromatic carbocycles. The molecule has 0 amide bonds. The van der Waals surface area contributed by atoms with Crippen molar-refractivity contribution >= 4 is 50.5 Å². The lowest BCUT2D eigenvalue weighted by Gasteiger charge is -2.14. The first-order valence-electron chi connectivity index (χ1n) is 9.96. The number of fused-ring (bicyclic) bond motifs is 2. The van der Waals surface area contributed by atoms with E-state index in [1.165, 1.54) is 6.33 Å². The number of aromatic nitrogens is 4. The number of nitrogens with zero attached hydrogens (tertiary/aromatic N) is 4. The van der Waals surface area contributed by atoms with Gasteiger partial charge in [-0.15, -0.1) is 0 Å². The van der Waals surface area contributed by atoms with Gasteiger partial charge in [-0.2, -0.15) is 0 Å². The summed E-state index contributed by atoms with van der Waals surface area (Å²) in [5.74, 6) is 1.04. The van der Waals surface area contributed by atoms with Crippen molar-refractivity contribution in [1.29, 1.82) is 0 Å². The third-order valence-electron chi connectivity index (χ3n) is 5.12. The van der Waals surface area contributed by atoms with E-state index in [0.717, 1.165) is 44.6 Å². The Bertz CT molecular complexity index is 1430. The highest BCUT2D eigenvalue weighted by Gasteiger charge is 2.12. The normalized spacial score (nSPS) is 11.0. The van der Waals surface area contributed by atoms with E-state index in [0.29, 0.717) is 17.3 Å². The summed E-state index contributed by atoms with van der Waals surface area (Å²) < 4.78 is 0. The van der Waals surface area contributed by atoms with E-state index in [2.05, 4.69) is 36.6 Å². The highest BCUT2D eigenvalue weighted by Crippen LogP contribution is 2.32. The number of hydrogen-bond acceptors (Lipinski definition) is 7. The van der Waals surface area contributed by atoms with Crippen molar-refractivity contribution in [2.75, 3.05) is 16.4 Å². The standard InChI is InChI=1S/C24H21N7/c1-14-10-12-17-18(28-14)6-4-7-19(17)30-23-21(25)24(27-13-26-23)31-20-8-3-5-16-11-9-15(2)29-22(16)20/h3-13H,25H2,1-2H3,(H2,26,27,30,31). The SMILES string of the molecule is Cc1ccc2c(Nc3ncnc(Nc4cccc5ccc(C)nc45)c3N)cccc2n1. The average Bonchev–Trinajstić information content (AvgIpc) is 2.77. The van der Waals surface area contributed by atoms with Gasteiger partial charge in [-0.3, -0.25) is 9.97 Å². The quantitative estimate of drug-likeness (QED) is 0.373. The zero-order valence-corrected chi connectivity index (χ0v) is 17.2. The number of benzene rings is 2. The minimum atomic E-state index is 0.421. The van der Waals surface area contributed by atoms with Crippen LogP contribution < -0.4 is 16.4 Å². The largest absolute Gasteiger partial charge is 0.393 e. The van der Waals surface area contributed by atoms with Crippen molar-refractivity contribution in [3.05, 3.63) is 78.4 Å². The van der Waals surface area contributed by atoms with Crippen molar-refractivity contribution < 1.29 is 0 Å². The molecule has 5 aromatic rings. The van der Waals surface area contributed by atoms with Gasteiger partial charge in [0.2, 0.25) is 0 Å². The second kappa shape index (κ2) is 7.53. The van der Waals surface area contributed by atoms with E-state index in [9.17, 15) is 0 Å². The monoisotopic (exact) mass is 407 g/mol. The van der Waals surface area contributed by atoms with Crippen molar-refractivity contribution in [1.82, 2.24) is 19.9 Å². The summed E-state index contributed by atoms with van der Waals surface area (Å²) in [7, 11) is 0. The molecular formula is C24H21N7. The number of hydrogen-bond donors (Lipinski definition) is 3. The van der Waals surface area contributed by atoms with E-state index in [1.54, 1.807) is 0 Å². The van der Waals surface area contributed by atoms with Crippen LogP contribution in [0, 0.1) is 13.8 Å². The molecule has 152 valence electrons. The van der Waals surface area contributed by atoms with E-state index in [-0.39, 0.29) is 0 Å². The highest BCUT2D eigenvalue weighted by molar-refractivity contribution is 5.96. The van der Waals surface area contributed by atoms with Gasteiger partial charge in [-0.05, 0) is 50.2 Å². The van der Waals surface area contributed by atoms with Gasteiger partial charge in [0.15, 0.2) is 11.6 Å². The first-order chi connectivity index (χ1) is 15.1. The van der Waals surface area contributed by atoms with Gasteiger partial charge in [0.1, 0.15) is 12.0 Å². The predicted molar refractivity (Wildman–Crippen MR) is 126 cm³/mol. The molecule has 0 saturated heterocycles. The lowest BCUT2D eigenvalue weighted by Crippen LogP contribution is -2.06. The molecule has 0 radical (unpaired) electrons. The Labute approximate surface area is 179 Å². The van der Waals surface area contributed by atoms with E-state index in [4.69, 9.17) is 5.73 Å². The summed E-state index contributed by atoms with van der Waals surface area (Å²) in [5, 5.41) is 8.69. The lowest BCUT2D eigenvalue weighted by atomic mass is 10.1. The molecule has 7 nitrogen and oxygen atoms in total. The molecule has 0 saturated carbocycles. The Hall–Kier alpha value is -4.26. The van der Waals surface area contributed by atoms with Crippen molar-refractivity contribution in [2.24, 2.45) is 0 Å². The number of nitrogens with one attached hydrogen (secondary N) is 2. The Morgan fingerprint density at radius 2 is 1.39 bits per heavy atom. The highest BCUT2D eigenvalue weighted by atomic mass is 15.1. The van der Waals surface area contributed by atoms with E-state index in [1.807, 2.05) is 68.4 Å². The summed E-state index contributed by atoms with van der Waals surface area (Å²) in [6, 6.07) is 20.0. The van der Waals surface area contributed by atoms with Gasteiger partial charge in [-0.25, -0.2) is 9.97 Å². The first kappa shape index (κ1) is 18.7. The van der Waals surface area contributed by atoms with Crippen LogP contribution in [0.3, 0.4) is 0 Å². The molecule has 7 heteroatoms. The Kier molecular flexibility index (Phi) is 4.55. The molecule has 0 atom stereocenters. The molecule has 0 spiro atoms. The third kappa shape index (κ3) is 3.57. The maximum absolute atomic E-state index is 6.44. The maximum atomic E-state index is 6.44. The van der Waals surface area contributed by atoms with Gasteiger partial charge in [0, 0.05) is 27.8 Å². The molecule has 4 N–H and O–H groups in total. The van der Waals surface area contributed by atoms with Gasteiger partial charge in [0.25, 0.3) is 0 Å². The molecule has 0 fully saturated rings. The van der Waals surface area contributed by atoms with Crippen LogP contribution in [0.15, 0.2) is 67.0 Å². The first-order valence-corrected chi connectivity index (χ1v) is 9.96. The molecule has 5 rings (SSSR count). The number of aryl methyl sites for hydroxylation is 2. The van der Waals surface area contributed by atoms with Crippen LogP contribution in [0.2, 0.25) is 0 Å². The Morgan fingerprint density at radius 3 is 2.23 bits per heavy atom. The number of nitrogens with two attached hydrogens (primary N) is 1. The third-order valence-corrected chi connectivity index (χ3v) is 5.12. The summed E-state index contributed by atoms with van der Waals surface area (Å²) in [6.07, 6.45) is 1.48. The number of anilines is 5. The van der Waals surface area contributed by atoms with Gasteiger partial charge >= 0.3 is 0 Å². The fraction of sp³-hybridized carbons (Fsp3) is 0.0833. The van der Waals surface area contributed by atoms with Crippen LogP contribution in [0.1, 0.15) is 11.4 Å². The number of para-hydroxylation sites is 1. The molecule has 31 heavy (non-hydrogen) atoms. The molecule has 3 heterocycles. The van der Waals surface area contributed by atoms with Gasteiger partial charge in [-0.1, -0.05) is 24.3 Å². The van der Waals surface area contributed by atoms with Gasteiger partial charge in [0.05, 0.1) is 16.7 Å². The zero-order chi connectivity index (χ0) is 21.4. The fourth-order valence-corrected chi connectivity index (χ4v) is 3.56. The second-order valence-corrected chi connectivity index (χ2v) is 7.39. The zero-order valence-electron chi connectivity index (χ0n) is 17.2. The molecule has 0 aliphatic rings. The molecule has 3 aromatic heterocycles. The Morgan fingerprint density at radius 1 is 0.710 bits per heavy atom. The average molecular weight is 407 g/mol. The topological polar surface area (TPSA) is 102 Å². The van der Waals surface area contributed by atoms with E-state index < -0.39 is 0 Å². The second-order valence-electron chi connectivity index (χ2n) is 7.39. The summed E-state index contributed by atoms with van der Waals surface area (Å²) >= 11 is 0. The molecule has 0 aliphatic carbocycles. The van der Waals surface area contributed by atoms with Crippen molar-refractivity contribution in [3.8, 4) is 0 Å². The predicted octanol–water partition coefficient (Wildman–Crippen LogP) is 5.26. The molecule has 0 aliphatic heterocycles. The smallest absolute Gasteiger partial charge is 0.159 e. The number of rotatable bonds is 4. The Balaban J connectivity index is 1.52. The minimum absolute atomic E-state index is 0.421. The van der Waals surface area contributed by atoms with E-state index >= 15 is 0 Å². The summed E-state index contributed by atoms with van der Waals surface area (Å²) in [4.78, 5) is 18.0. The van der Waals surface area contributed by atoms with Gasteiger partial charge < -0.3 is 16.4 Å². The van der Waals surface area contributed by atoms with Crippen LogP contribution in [0.25, 0.3) is 21.8 Å². The maximum Gasteiger partial charge on any atom is 0.159 e. The van der Waals surface area contributed by atoms with Crippen molar-refractivity contribution in [2.45, 2.75) is 13.8 Å². The van der Waals surface area contributed by atoms with Crippen LogP contribution >= 0.6 is 0 Å². The minimum Gasteiger partial charge on any atom is -0.393 e. The molecular weight excluding hydrogens is 386 g/mol. The summed E-state index contributed by atoms with van der Waals surface area (Å²) in [5.41, 5.74) is 12.3. The van der Waals surface area contributed by atoms with Crippen LogP contribution in [-0.2, 0) is 0 Å². The fourth-order valence-electron chi connectivity index (χ4n) is 3.56. The van der Waals surface area contributed by atoms with Crippen LogP contribution in [0.4, 0.5) is 28.7 Å². The van der Waals surface area contributed by atoms with Crippen LogP contribution in [-0.4, -0.2) is 19.9 Å². The molecule has 0 bridgehead atoms. The molecule has 0 unspecified atom stereocenters. The number of pyridine rings is 2. The van der Waals surface area contributed by atoms with Crippen molar-refractivity contribution in [3.63, 3.8) is 0 Å². The number of nitrogen functional groups attached to an aromatic ring is 1. The summed E-state index contributed by atoms with van der Waals surface area (Å²) in [6.45, 7) is 3.95. The van der Waals surface area contributed by atoms with Crippen LogP contribution in [0.5, 0.6) is 0 Å².